The third kappa shape index (κ3) is 2.27. The molecular weight excluding hydrogens is 174 g/mol. The molecule has 0 aromatic carbocycles. The molecule has 2 saturated heterocycles. The van der Waals surface area contributed by atoms with Gasteiger partial charge >= 0.3 is 0 Å². The molecule has 14 heavy (non-hydrogen) atoms. The highest BCUT2D eigenvalue weighted by Crippen LogP contribution is 2.25. The van der Waals surface area contributed by atoms with E-state index in [1.807, 2.05) is 0 Å². The average molecular weight is 197 g/mol. The Morgan fingerprint density at radius 2 is 2.14 bits per heavy atom. The van der Waals surface area contributed by atoms with E-state index >= 15 is 0 Å². The van der Waals surface area contributed by atoms with Gasteiger partial charge in [-0.1, -0.05) is 6.92 Å². The first kappa shape index (κ1) is 10.4. The smallest absolute Gasteiger partial charge is 0.0168 e. The minimum Gasteiger partial charge on any atom is -0.327 e. The third-order valence-corrected chi connectivity index (χ3v) is 3.75. The maximum absolute atomic E-state index is 5.94. The van der Waals surface area contributed by atoms with Gasteiger partial charge in [-0.3, -0.25) is 0 Å². The van der Waals surface area contributed by atoms with Crippen LogP contribution >= 0.6 is 0 Å². The summed E-state index contributed by atoms with van der Waals surface area (Å²) in [7, 11) is 0. The molecule has 3 heteroatoms. The van der Waals surface area contributed by atoms with Crippen LogP contribution in [0, 0.1) is 11.8 Å². The molecule has 0 bridgehead atoms. The lowest BCUT2D eigenvalue weighted by atomic mass is 9.79. The van der Waals surface area contributed by atoms with E-state index in [1.165, 1.54) is 32.4 Å². The highest BCUT2D eigenvalue weighted by Gasteiger charge is 2.31. The van der Waals surface area contributed by atoms with Crippen molar-refractivity contribution in [2.75, 3.05) is 19.6 Å². The minimum absolute atomic E-state index is 0.373. The third-order valence-electron chi connectivity index (χ3n) is 3.75. The lowest BCUT2D eigenvalue weighted by molar-refractivity contribution is 0.180. The zero-order valence-electron chi connectivity index (χ0n) is 9.13. The summed E-state index contributed by atoms with van der Waals surface area (Å²) < 4.78 is 0. The van der Waals surface area contributed by atoms with Crippen LogP contribution in [0.5, 0.6) is 0 Å². The fourth-order valence-corrected chi connectivity index (χ4v) is 3.01. The van der Waals surface area contributed by atoms with Crippen LogP contribution < -0.4 is 16.4 Å². The molecule has 0 aliphatic carbocycles. The second-order valence-electron chi connectivity index (χ2n) is 5.01. The van der Waals surface area contributed by atoms with Crippen molar-refractivity contribution in [3.63, 3.8) is 0 Å². The Bertz CT molecular complexity index is 177. The molecule has 2 aliphatic heterocycles. The molecule has 2 heterocycles. The standard InChI is InChI=1S/C11H23N3/c1-8-5-10(12)7-14-11(8)9-3-2-4-13-6-9/h8-11,13-14H,2-7,12H2,1H3. The van der Waals surface area contributed by atoms with Gasteiger partial charge in [0.1, 0.15) is 0 Å². The van der Waals surface area contributed by atoms with E-state index in [9.17, 15) is 0 Å². The second kappa shape index (κ2) is 4.60. The Balaban J connectivity index is 1.89. The number of piperidine rings is 2. The van der Waals surface area contributed by atoms with Crippen molar-refractivity contribution in [2.24, 2.45) is 17.6 Å². The van der Waals surface area contributed by atoms with E-state index in [4.69, 9.17) is 5.73 Å². The fourth-order valence-electron chi connectivity index (χ4n) is 3.01. The Morgan fingerprint density at radius 3 is 2.79 bits per heavy atom. The van der Waals surface area contributed by atoms with Gasteiger partial charge in [0.2, 0.25) is 0 Å². The number of hydrogen-bond donors (Lipinski definition) is 3. The quantitative estimate of drug-likeness (QED) is 0.567. The normalized spacial score (nSPS) is 45.0. The molecule has 0 aromatic heterocycles. The SMILES string of the molecule is CC1CC(N)CNC1C1CCCNC1. The van der Waals surface area contributed by atoms with Crippen molar-refractivity contribution in [3.8, 4) is 0 Å². The summed E-state index contributed by atoms with van der Waals surface area (Å²) in [5, 5.41) is 7.12. The van der Waals surface area contributed by atoms with Crippen molar-refractivity contribution in [1.82, 2.24) is 10.6 Å². The number of rotatable bonds is 1. The van der Waals surface area contributed by atoms with E-state index in [2.05, 4.69) is 17.6 Å². The summed E-state index contributed by atoms with van der Waals surface area (Å²) in [6, 6.07) is 1.07. The van der Waals surface area contributed by atoms with Crippen LogP contribution in [0.1, 0.15) is 26.2 Å². The van der Waals surface area contributed by atoms with Crippen LogP contribution in [0.15, 0.2) is 0 Å². The summed E-state index contributed by atoms with van der Waals surface area (Å²) >= 11 is 0. The Kier molecular flexibility index (Phi) is 3.42. The molecule has 4 unspecified atom stereocenters. The molecule has 0 amide bonds. The highest BCUT2D eigenvalue weighted by atomic mass is 15.0. The number of nitrogens with two attached hydrogens (primary N) is 1. The van der Waals surface area contributed by atoms with Crippen molar-refractivity contribution < 1.29 is 0 Å². The van der Waals surface area contributed by atoms with Crippen LogP contribution in [0.2, 0.25) is 0 Å². The number of hydrogen-bond acceptors (Lipinski definition) is 3. The molecule has 0 radical (unpaired) electrons. The molecule has 0 saturated carbocycles. The summed E-state index contributed by atoms with van der Waals surface area (Å²) in [6.07, 6.45) is 3.90. The van der Waals surface area contributed by atoms with Gasteiger partial charge in [-0.15, -0.1) is 0 Å². The van der Waals surface area contributed by atoms with Gasteiger partial charge in [0.15, 0.2) is 0 Å². The molecule has 4 atom stereocenters. The largest absolute Gasteiger partial charge is 0.327 e. The molecule has 2 fully saturated rings. The van der Waals surface area contributed by atoms with E-state index in [-0.39, 0.29) is 0 Å². The molecule has 82 valence electrons. The Labute approximate surface area is 86.8 Å². The van der Waals surface area contributed by atoms with Crippen molar-refractivity contribution in [1.29, 1.82) is 0 Å². The van der Waals surface area contributed by atoms with Crippen LogP contribution in [0.3, 0.4) is 0 Å². The van der Waals surface area contributed by atoms with E-state index in [0.29, 0.717) is 12.1 Å². The predicted octanol–water partition coefficient (Wildman–Crippen LogP) is 0.311. The van der Waals surface area contributed by atoms with Crippen LogP contribution in [0.25, 0.3) is 0 Å². The zero-order chi connectivity index (χ0) is 9.97. The van der Waals surface area contributed by atoms with Gasteiger partial charge in [-0.2, -0.15) is 0 Å². The lowest BCUT2D eigenvalue weighted by Crippen LogP contribution is -2.55. The van der Waals surface area contributed by atoms with E-state index in [0.717, 1.165) is 18.4 Å². The van der Waals surface area contributed by atoms with E-state index < -0.39 is 0 Å². The van der Waals surface area contributed by atoms with Gasteiger partial charge in [0.05, 0.1) is 0 Å². The van der Waals surface area contributed by atoms with Gasteiger partial charge in [-0.25, -0.2) is 0 Å². The summed E-state index contributed by atoms with van der Waals surface area (Å²) in [5.41, 5.74) is 5.94. The molecule has 0 aromatic rings. The predicted molar refractivity (Wildman–Crippen MR) is 59.1 cm³/mol. The van der Waals surface area contributed by atoms with Crippen LogP contribution in [-0.2, 0) is 0 Å². The molecule has 4 N–H and O–H groups in total. The maximum atomic E-state index is 5.94. The highest BCUT2D eigenvalue weighted by molar-refractivity contribution is 4.91. The first-order valence-electron chi connectivity index (χ1n) is 5.97. The summed E-state index contributed by atoms with van der Waals surface area (Å²) in [6.45, 7) is 5.74. The van der Waals surface area contributed by atoms with Gasteiger partial charge in [-0.05, 0) is 44.2 Å². The first-order valence-corrected chi connectivity index (χ1v) is 5.97. The Hall–Kier alpha value is -0.120. The van der Waals surface area contributed by atoms with Crippen molar-refractivity contribution in [3.05, 3.63) is 0 Å². The zero-order valence-corrected chi connectivity index (χ0v) is 9.13. The molecule has 0 spiro atoms. The van der Waals surface area contributed by atoms with E-state index in [1.54, 1.807) is 0 Å². The average Bonchev–Trinajstić information content (AvgIpc) is 2.19. The maximum Gasteiger partial charge on any atom is 0.0168 e. The summed E-state index contributed by atoms with van der Waals surface area (Å²) in [4.78, 5) is 0. The molecular formula is C11H23N3. The van der Waals surface area contributed by atoms with Gasteiger partial charge in [0.25, 0.3) is 0 Å². The topological polar surface area (TPSA) is 50.1 Å². The molecule has 2 aliphatic rings. The van der Waals surface area contributed by atoms with Crippen molar-refractivity contribution >= 4 is 0 Å². The fraction of sp³-hybridized carbons (Fsp3) is 1.00. The summed E-state index contributed by atoms with van der Waals surface area (Å²) in [5.74, 6) is 1.56. The van der Waals surface area contributed by atoms with Crippen molar-refractivity contribution in [2.45, 2.75) is 38.3 Å². The second-order valence-corrected chi connectivity index (χ2v) is 5.01. The van der Waals surface area contributed by atoms with Gasteiger partial charge < -0.3 is 16.4 Å². The van der Waals surface area contributed by atoms with Crippen LogP contribution in [0.4, 0.5) is 0 Å². The monoisotopic (exact) mass is 197 g/mol. The molecule has 2 rings (SSSR count). The molecule has 3 nitrogen and oxygen atoms in total. The van der Waals surface area contributed by atoms with Gasteiger partial charge in [0, 0.05) is 18.6 Å². The minimum atomic E-state index is 0.373. The first-order chi connectivity index (χ1) is 6.77. The Morgan fingerprint density at radius 1 is 1.29 bits per heavy atom. The number of nitrogens with one attached hydrogen (secondary N) is 2. The lowest BCUT2D eigenvalue weighted by Gasteiger charge is -2.40. The van der Waals surface area contributed by atoms with Crippen LogP contribution in [-0.4, -0.2) is 31.7 Å².